The maximum absolute atomic E-state index is 5.80. The summed E-state index contributed by atoms with van der Waals surface area (Å²) in [6.45, 7) is 10.3. The molecule has 3 rings (SSSR count). The third kappa shape index (κ3) is 2.66. The summed E-state index contributed by atoms with van der Waals surface area (Å²) in [6, 6.07) is 5.83. The Morgan fingerprint density at radius 2 is 2.20 bits per heavy atom. The number of benzene rings is 1. The first-order chi connectivity index (χ1) is 9.41. The highest BCUT2D eigenvalue weighted by molar-refractivity contribution is 5.78. The lowest BCUT2D eigenvalue weighted by Crippen LogP contribution is -2.26. The van der Waals surface area contributed by atoms with Crippen molar-refractivity contribution in [2.45, 2.75) is 33.7 Å². The third-order valence-corrected chi connectivity index (χ3v) is 4.43. The van der Waals surface area contributed by atoms with Crippen molar-refractivity contribution >= 4 is 16.7 Å². The molecule has 0 bridgehead atoms. The number of anilines is 1. The quantitative estimate of drug-likeness (QED) is 0.826. The number of aromatic amines is 1. The Labute approximate surface area is 120 Å². The van der Waals surface area contributed by atoms with E-state index in [0.717, 1.165) is 35.0 Å². The van der Waals surface area contributed by atoms with Gasteiger partial charge in [0.25, 0.3) is 0 Å². The minimum atomic E-state index is 0.400. The number of likely N-dealkylation sites (tertiary alicyclic amines) is 1. The molecule has 0 amide bonds. The summed E-state index contributed by atoms with van der Waals surface area (Å²) >= 11 is 0. The molecule has 4 nitrogen and oxygen atoms in total. The van der Waals surface area contributed by atoms with E-state index in [2.05, 4.69) is 35.6 Å². The summed E-state index contributed by atoms with van der Waals surface area (Å²) in [5.41, 5.74) is 9.02. The number of nitrogen functional groups attached to an aromatic ring is 1. The van der Waals surface area contributed by atoms with E-state index in [1.807, 2.05) is 18.2 Å². The van der Waals surface area contributed by atoms with Gasteiger partial charge in [-0.15, -0.1) is 0 Å². The van der Waals surface area contributed by atoms with Gasteiger partial charge < -0.3 is 10.7 Å². The molecule has 2 heterocycles. The van der Waals surface area contributed by atoms with Gasteiger partial charge >= 0.3 is 0 Å². The highest BCUT2D eigenvalue weighted by Crippen LogP contribution is 2.34. The van der Waals surface area contributed by atoms with Gasteiger partial charge in [0.1, 0.15) is 5.82 Å². The monoisotopic (exact) mass is 272 g/mol. The van der Waals surface area contributed by atoms with Crippen LogP contribution in [-0.4, -0.2) is 28.0 Å². The zero-order valence-corrected chi connectivity index (χ0v) is 12.6. The van der Waals surface area contributed by atoms with Gasteiger partial charge in [-0.05, 0) is 42.5 Å². The number of fused-ring (bicyclic) bond motifs is 1. The number of hydrogen-bond acceptors (Lipinski definition) is 3. The van der Waals surface area contributed by atoms with Crippen molar-refractivity contribution in [2.24, 2.45) is 11.3 Å². The van der Waals surface area contributed by atoms with Crippen LogP contribution in [0.5, 0.6) is 0 Å². The van der Waals surface area contributed by atoms with E-state index in [4.69, 9.17) is 5.73 Å². The normalized spacial score (nSPS) is 20.9. The first kappa shape index (κ1) is 13.4. The lowest BCUT2D eigenvalue weighted by Gasteiger charge is -2.26. The van der Waals surface area contributed by atoms with Crippen LogP contribution in [0.3, 0.4) is 0 Å². The average molecular weight is 272 g/mol. The average Bonchev–Trinajstić information content (AvgIpc) is 2.94. The summed E-state index contributed by atoms with van der Waals surface area (Å²) < 4.78 is 0. The van der Waals surface area contributed by atoms with E-state index in [1.165, 1.54) is 19.5 Å². The first-order valence-electron chi connectivity index (χ1n) is 7.38. The SMILES string of the molecule is CC(C)(C)C1CCN(Cc2nc3ccc(N)cc3[nH]2)C1. The van der Waals surface area contributed by atoms with Gasteiger partial charge in [-0.25, -0.2) is 4.98 Å². The van der Waals surface area contributed by atoms with Crippen molar-refractivity contribution in [3.8, 4) is 0 Å². The van der Waals surface area contributed by atoms with Crippen molar-refractivity contribution in [3.63, 3.8) is 0 Å². The van der Waals surface area contributed by atoms with E-state index in [-0.39, 0.29) is 0 Å². The lowest BCUT2D eigenvalue weighted by molar-refractivity contribution is 0.224. The fourth-order valence-electron chi connectivity index (χ4n) is 3.05. The summed E-state index contributed by atoms with van der Waals surface area (Å²) in [6.07, 6.45) is 1.29. The summed E-state index contributed by atoms with van der Waals surface area (Å²) in [4.78, 5) is 10.5. The predicted molar refractivity (Wildman–Crippen MR) is 83.3 cm³/mol. The van der Waals surface area contributed by atoms with E-state index < -0.39 is 0 Å². The second-order valence-electron chi connectivity index (χ2n) is 7.05. The Morgan fingerprint density at radius 1 is 1.40 bits per heavy atom. The molecule has 0 spiro atoms. The molecule has 4 heteroatoms. The summed E-state index contributed by atoms with van der Waals surface area (Å²) in [5.74, 6) is 1.82. The van der Waals surface area contributed by atoms with Crippen LogP contribution in [0.2, 0.25) is 0 Å². The Kier molecular flexibility index (Phi) is 3.21. The molecule has 20 heavy (non-hydrogen) atoms. The van der Waals surface area contributed by atoms with Gasteiger partial charge in [-0.2, -0.15) is 0 Å². The Hall–Kier alpha value is -1.55. The van der Waals surface area contributed by atoms with Gasteiger partial charge in [-0.3, -0.25) is 4.90 Å². The highest BCUT2D eigenvalue weighted by Gasteiger charge is 2.31. The van der Waals surface area contributed by atoms with E-state index in [0.29, 0.717) is 5.41 Å². The number of rotatable bonds is 2. The largest absolute Gasteiger partial charge is 0.399 e. The molecule has 0 saturated carbocycles. The number of aromatic nitrogens is 2. The fourth-order valence-corrected chi connectivity index (χ4v) is 3.05. The maximum Gasteiger partial charge on any atom is 0.121 e. The van der Waals surface area contributed by atoms with Gasteiger partial charge in [0.2, 0.25) is 0 Å². The van der Waals surface area contributed by atoms with Crippen LogP contribution in [-0.2, 0) is 6.54 Å². The van der Waals surface area contributed by atoms with Crippen LogP contribution in [0.25, 0.3) is 11.0 Å². The van der Waals surface area contributed by atoms with Crippen LogP contribution in [0, 0.1) is 11.3 Å². The molecule has 1 aromatic heterocycles. The number of hydrogen-bond donors (Lipinski definition) is 2. The number of nitrogens with one attached hydrogen (secondary N) is 1. The lowest BCUT2D eigenvalue weighted by atomic mass is 9.80. The molecule has 108 valence electrons. The van der Waals surface area contributed by atoms with Crippen LogP contribution in [0.1, 0.15) is 33.0 Å². The van der Waals surface area contributed by atoms with Crippen molar-refractivity contribution in [1.82, 2.24) is 14.9 Å². The highest BCUT2D eigenvalue weighted by atomic mass is 15.2. The predicted octanol–water partition coefficient (Wildman–Crippen LogP) is 3.01. The van der Waals surface area contributed by atoms with Crippen molar-refractivity contribution < 1.29 is 0 Å². The molecular formula is C16H24N4. The summed E-state index contributed by atoms with van der Waals surface area (Å²) in [7, 11) is 0. The van der Waals surface area contributed by atoms with Crippen LogP contribution < -0.4 is 5.73 Å². The molecule has 1 aliphatic rings. The summed E-state index contributed by atoms with van der Waals surface area (Å²) in [5, 5.41) is 0. The fraction of sp³-hybridized carbons (Fsp3) is 0.562. The third-order valence-electron chi connectivity index (χ3n) is 4.43. The molecule has 1 fully saturated rings. The zero-order chi connectivity index (χ0) is 14.3. The van der Waals surface area contributed by atoms with Crippen LogP contribution in [0.15, 0.2) is 18.2 Å². The molecule has 0 radical (unpaired) electrons. The molecule has 1 aliphatic heterocycles. The van der Waals surface area contributed by atoms with Crippen molar-refractivity contribution in [2.75, 3.05) is 18.8 Å². The Morgan fingerprint density at radius 3 is 2.90 bits per heavy atom. The number of nitrogens with two attached hydrogens (primary N) is 1. The molecule has 1 saturated heterocycles. The number of imidazole rings is 1. The minimum absolute atomic E-state index is 0.400. The van der Waals surface area contributed by atoms with E-state index >= 15 is 0 Å². The van der Waals surface area contributed by atoms with Gasteiger partial charge in [0.15, 0.2) is 0 Å². The maximum atomic E-state index is 5.80. The van der Waals surface area contributed by atoms with Crippen LogP contribution >= 0.6 is 0 Å². The Balaban J connectivity index is 1.71. The smallest absolute Gasteiger partial charge is 0.121 e. The second kappa shape index (κ2) is 4.77. The second-order valence-corrected chi connectivity index (χ2v) is 7.05. The molecule has 0 aliphatic carbocycles. The molecule has 3 N–H and O–H groups in total. The van der Waals surface area contributed by atoms with Gasteiger partial charge in [0.05, 0.1) is 17.6 Å². The van der Waals surface area contributed by atoms with Crippen LogP contribution in [0.4, 0.5) is 5.69 Å². The Bertz CT molecular complexity index is 608. The number of H-pyrrole nitrogens is 1. The van der Waals surface area contributed by atoms with Crippen molar-refractivity contribution in [1.29, 1.82) is 0 Å². The minimum Gasteiger partial charge on any atom is -0.399 e. The first-order valence-corrected chi connectivity index (χ1v) is 7.38. The topological polar surface area (TPSA) is 57.9 Å². The molecule has 1 unspecified atom stereocenters. The standard InChI is InChI=1S/C16H24N4/c1-16(2,3)11-6-7-20(9-11)10-15-18-13-5-4-12(17)8-14(13)19-15/h4-5,8,11H,6-7,9-10,17H2,1-3H3,(H,18,19). The van der Waals surface area contributed by atoms with E-state index in [9.17, 15) is 0 Å². The molecule has 1 atom stereocenters. The molecule has 2 aromatic rings. The van der Waals surface area contributed by atoms with Gasteiger partial charge in [-0.1, -0.05) is 20.8 Å². The number of nitrogens with zero attached hydrogens (tertiary/aromatic N) is 2. The van der Waals surface area contributed by atoms with E-state index in [1.54, 1.807) is 0 Å². The molecule has 1 aromatic carbocycles. The zero-order valence-electron chi connectivity index (χ0n) is 12.6. The van der Waals surface area contributed by atoms with Gasteiger partial charge in [0, 0.05) is 12.2 Å². The van der Waals surface area contributed by atoms with Crippen molar-refractivity contribution in [3.05, 3.63) is 24.0 Å². The molecular weight excluding hydrogens is 248 g/mol.